The molecule has 0 N–H and O–H groups in total. The molecule has 12 aromatic carbocycles. The first kappa shape index (κ1) is 43.5. The van der Waals surface area contributed by atoms with Crippen molar-refractivity contribution in [2.24, 2.45) is 0 Å². The number of nitrogens with zero attached hydrogens (tertiary/aromatic N) is 2. The van der Waals surface area contributed by atoms with Gasteiger partial charge in [-0.25, -0.2) is 0 Å². The number of hydrogen-bond donors (Lipinski definition) is 0. The lowest BCUT2D eigenvalue weighted by Gasteiger charge is -2.34. The predicted octanol–water partition coefficient (Wildman–Crippen LogP) is 16.4. The molecule has 0 saturated heterocycles. The van der Waals surface area contributed by atoms with E-state index in [1.807, 2.05) is 0 Å². The van der Waals surface area contributed by atoms with E-state index in [-0.39, 0.29) is 0 Å². The molecule has 0 bridgehead atoms. The molecule has 0 unspecified atom stereocenters. The largest absolute Gasteiger partial charge is 0.456 e. The molecule has 4 aromatic heterocycles. The standard InChI is InChI=1S/C72H46N2O2Si/c1-5-19-51(20-6-1)73-63-31-15-13-27-55(63)59-43-47(35-39-65(59)73)49-37-41-67-61(45-49)57-29-17-33-69(71(57)75-67)77(53-23-9-3-10-24-53,54-25-11-4-12-26-54)70-34-18-30-58-62-46-50(38-42-68(62)76-72(58)70)48-36-40-66-60(44-48)56-28-14-16-32-64(56)74(66)52-21-7-2-8-22-52/h1-46H. The monoisotopic (exact) mass is 998 g/mol. The summed E-state index contributed by atoms with van der Waals surface area (Å²) in [5.74, 6) is 0. The summed E-state index contributed by atoms with van der Waals surface area (Å²) < 4.78 is 19.2. The van der Waals surface area contributed by atoms with Gasteiger partial charge >= 0.3 is 0 Å². The van der Waals surface area contributed by atoms with Crippen LogP contribution in [0.3, 0.4) is 0 Å². The molecule has 0 radical (unpaired) electrons. The zero-order valence-corrected chi connectivity index (χ0v) is 42.8. The van der Waals surface area contributed by atoms with Gasteiger partial charge in [0.2, 0.25) is 0 Å². The Labute approximate surface area is 444 Å². The van der Waals surface area contributed by atoms with E-state index in [2.05, 4.69) is 288 Å². The topological polar surface area (TPSA) is 36.1 Å². The summed E-state index contributed by atoms with van der Waals surface area (Å²) in [6, 6.07) is 102. The molecule has 0 spiro atoms. The summed E-state index contributed by atoms with van der Waals surface area (Å²) in [5.41, 5.74) is 15.2. The molecule has 0 saturated carbocycles. The van der Waals surface area contributed by atoms with Crippen LogP contribution in [0.4, 0.5) is 0 Å². The van der Waals surface area contributed by atoms with Gasteiger partial charge in [0.25, 0.3) is 0 Å². The SMILES string of the molecule is c1ccc(-n2c3ccccc3c3cc(-c4ccc5oc6c([Si](c7ccccc7)(c7ccccc7)c7cccc8c7oc7ccc(-c9ccc%10c(c9)c9ccccc9n%10-c9ccccc9)cc78)cccc6c5c4)ccc32)cc1. The maximum atomic E-state index is 7.24. The summed E-state index contributed by atoms with van der Waals surface area (Å²) >= 11 is 0. The van der Waals surface area contributed by atoms with Crippen molar-refractivity contribution in [1.29, 1.82) is 0 Å². The molecule has 0 atom stereocenters. The minimum atomic E-state index is -3.27. The molecule has 0 fully saturated rings. The van der Waals surface area contributed by atoms with Crippen LogP contribution in [0.25, 0.3) is 121 Å². The fourth-order valence-corrected chi connectivity index (χ4v) is 17.9. The van der Waals surface area contributed by atoms with Crippen LogP contribution < -0.4 is 20.7 Å². The molecule has 5 heteroatoms. The van der Waals surface area contributed by atoms with E-state index >= 15 is 0 Å². The third-order valence-electron chi connectivity index (χ3n) is 16.3. The highest BCUT2D eigenvalue weighted by Gasteiger charge is 2.45. The maximum Gasteiger partial charge on any atom is 0.188 e. The average Bonchev–Trinajstić information content (AvgIpc) is 4.48. The fourth-order valence-electron chi connectivity index (χ4n) is 12.9. The van der Waals surface area contributed by atoms with Crippen LogP contribution in [0.15, 0.2) is 288 Å². The van der Waals surface area contributed by atoms with Gasteiger partial charge in [0.1, 0.15) is 22.3 Å². The Bertz CT molecular complexity index is 4660. The van der Waals surface area contributed by atoms with E-state index in [0.717, 1.165) is 77.5 Å². The van der Waals surface area contributed by atoms with Gasteiger partial charge in [-0.2, -0.15) is 0 Å². The van der Waals surface area contributed by atoms with Crippen molar-refractivity contribution < 1.29 is 8.83 Å². The van der Waals surface area contributed by atoms with E-state index in [9.17, 15) is 0 Å². The average molecular weight is 999 g/mol. The Morgan fingerprint density at radius 2 is 0.584 bits per heavy atom. The number of fused-ring (bicyclic) bond motifs is 12. The molecular weight excluding hydrogens is 953 g/mol. The Kier molecular flexibility index (Phi) is 9.62. The van der Waals surface area contributed by atoms with Crippen molar-refractivity contribution in [3.63, 3.8) is 0 Å². The number of para-hydroxylation sites is 6. The molecule has 16 rings (SSSR count). The lowest BCUT2D eigenvalue weighted by atomic mass is 10.0. The molecule has 4 heterocycles. The van der Waals surface area contributed by atoms with E-state index in [1.54, 1.807) is 0 Å². The van der Waals surface area contributed by atoms with Crippen molar-refractivity contribution in [1.82, 2.24) is 9.13 Å². The minimum absolute atomic E-state index is 0.860. The van der Waals surface area contributed by atoms with Crippen LogP contribution in [0.2, 0.25) is 0 Å². The molecule has 4 nitrogen and oxygen atoms in total. The van der Waals surface area contributed by atoms with E-state index in [1.165, 1.54) is 64.4 Å². The second-order valence-corrected chi connectivity index (χ2v) is 24.0. The molecule has 77 heavy (non-hydrogen) atoms. The highest BCUT2D eigenvalue weighted by atomic mass is 28.3. The van der Waals surface area contributed by atoms with Crippen LogP contribution in [0, 0.1) is 0 Å². The van der Waals surface area contributed by atoms with Gasteiger partial charge in [-0.05, 0) is 128 Å². The fraction of sp³-hybridized carbons (Fsp3) is 0. The van der Waals surface area contributed by atoms with Crippen molar-refractivity contribution in [2.75, 3.05) is 0 Å². The first-order valence-electron chi connectivity index (χ1n) is 26.4. The third-order valence-corrected chi connectivity index (χ3v) is 21.1. The molecular formula is C72H46N2O2Si. The number of furan rings is 2. The summed E-state index contributed by atoms with van der Waals surface area (Å²) in [7, 11) is -3.27. The van der Waals surface area contributed by atoms with Gasteiger partial charge in [-0.15, -0.1) is 0 Å². The van der Waals surface area contributed by atoms with Crippen molar-refractivity contribution in [3.8, 4) is 33.6 Å². The normalized spacial score (nSPS) is 12.2. The van der Waals surface area contributed by atoms with Crippen molar-refractivity contribution in [2.45, 2.75) is 0 Å². The Balaban J connectivity index is 0.878. The Hall–Kier alpha value is -9.94. The van der Waals surface area contributed by atoms with Gasteiger partial charge in [0, 0.05) is 54.5 Å². The lowest BCUT2D eigenvalue weighted by molar-refractivity contribution is 0.670. The van der Waals surface area contributed by atoms with E-state index in [0.29, 0.717) is 0 Å². The predicted molar refractivity (Wildman–Crippen MR) is 324 cm³/mol. The Morgan fingerprint density at radius 1 is 0.247 bits per heavy atom. The first-order valence-corrected chi connectivity index (χ1v) is 28.4. The highest BCUT2D eigenvalue weighted by Crippen LogP contribution is 2.40. The highest BCUT2D eigenvalue weighted by molar-refractivity contribution is 7.21. The molecule has 0 aliphatic heterocycles. The van der Waals surface area contributed by atoms with Gasteiger partial charge in [-0.1, -0.05) is 194 Å². The minimum Gasteiger partial charge on any atom is -0.456 e. The summed E-state index contributed by atoms with van der Waals surface area (Å²) in [5, 5.41) is 14.1. The van der Waals surface area contributed by atoms with Gasteiger partial charge in [0.15, 0.2) is 8.07 Å². The molecule has 0 amide bonds. The van der Waals surface area contributed by atoms with E-state index < -0.39 is 8.07 Å². The van der Waals surface area contributed by atoms with Crippen LogP contribution >= 0.6 is 0 Å². The quantitative estimate of drug-likeness (QED) is 0.112. The zero-order valence-electron chi connectivity index (χ0n) is 41.8. The molecule has 0 aliphatic rings. The van der Waals surface area contributed by atoms with Crippen LogP contribution in [0.5, 0.6) is 0 Å². The van der Waals surface area contributed by atoms with Gasteiger partial charge < -0.3 is 18.0 Å². The smallest absolute Gasteiger partial charge is 0.188 e. The maximum absolute atomic E-state index is 7.24. The van der Waals surface area contributed by atoms with Crippen LogP contribution in [0.1, 0.15) is 0 Å². The van der Waals surface area contributed by atoms with Crippen molar-refractivity contribution >= 4 is 116 Å². The number of benzene rings is 12. The number of hydrogen-bond acceptors (Lipinski definition) is 2. The molecule has 16 aromatic rings. The zero-order chi connectivity index (χ0) is 50.6. The number of rotatable bonds is 8. The summed E-state index contributed by atoms with van der Waals surface area (Å²) in [4.78, 5) is 0. The Morgan fingerprint density at radius 3 is 1.01 bits per heavy atom. The second kappa shape index (κ2) is 17.0. The third kappa shape index (κ3) is 6.51. The number of aromatic nitrogens is 2. The first-order chi connectivity index (χ1) is 38.2. The van der Waals surface area contributed by atoms with Crippen LogP contribution in [-0.4, -0.2) is 17.2 Å². The molecule has 0 aliphatic carbocycles. The van der Waals surface area contributed by atoms with Gasteiger partial charge in [0.05, 0.1) is 22.1 Å². The summed E-state index contributed by atoms with van der Waals surface area (Å²) in [6.45, 7) is 0. The molecule has 360 valence electrons. The van der Waals surface area contributed by atoms with Crippen LogP contribution in [-0.2, 0) is 0 Å². The summed E-state index contributed by atoms with van der Waals surface area (Å²) in [6.07, 6.45) is 0. The van der Waals surface area contributed by atoms with Crippen molar-refractivity contribution in [3.05, 3.63) is 279 Å². The van der Waals surface area contributed by atoms with Gasteiger partial charge in [-0.3, -0.25) is 0 Å². The lowest BCUT2D eigenvalue weighted by Crippen LogP contribution is -2.75. The van der Waals surface area contributed by atoms with E-state index in [4.69, 9.17) is 8.83 Å². The second-order valence-electron chi connectivity index (χ2n) is 20.3.